The van der Waals surface area contributed by atoms with Gasteiger partial charge in [-0.15, -0.1) is 0 Å². The number of hydrogen-bond donors (Lipinski definition) is 1. The summed E-state index contributed by atoms with van der Waals surface area (Å²) < 4.78 is 32.5. The van der Waals surface area contributed by atoms with Crippen molar-refractivity contribution < 1.29 is 17.7 Å². The van der Waals surface area contributed by atoms with Crippen molar-refractivity contribution in [2.75, 3.05) is 32.7 Å². The molecule has 34 heavy (non-hydrogen) atoms. The van der Waals surface area contributed by atoms with Gasteiger partial charge in [0.2, 0.25) is 15.9 Å². The number of rotatable bonds is 8. The molecule has 1 aliphatic rings. The summed E-state index contributed by atoms with van der Waals surface area (Å²) in [6, 6.07) is 19.9. The highest BCUT2D eigenvalue weighted by Gasteiger charge is 2.33. The first-order valence-electron chi connectivity index (χ1n) is 11.4. The Balaban J connectivity index is 1.36. The topological polar surface area (TPSA) is 95.8 Å². The van der Waals surface area contributed by atoms with Crippen molar-refractivity contribution in [2.24, 2.45) is 0 Å². The zero-order chi connectivity index (χ0) is 24.1. The first-order chi connectivity index (χ1) is 16.3. The van der Waals surface area contributed by atoms with Crippen molar-refractivity contribution in [1.82, 2.24) is 19.7 Å². The summed E-state index contributed by atoms with van der Waals surface area (Å²) in [5.74, 6) is 0.219. The molecule has 2 heterocycles. The predicted octanol–water partition coefficient (Wildman–Crippen LogP) is 2.70. The lowest BCUT2D eigenvalue weighted by Gasteiger charge is -2.33. The molecule has 1 unspecified atom stereocenters. The van der Waals surface area contributed by atoms with Crippen LogP contribution in [0.3, 0.4) is 0 Å². The van der Waals surface area contributed by atoms with Gasteiger partial charge in [0.25, 0.3) is 0 Å². The van der Waals surface area contributed by atoms with Gasteiger partial charge in [-0.1, -0.05) is 65.8 Å². The highest BCUT2D eigenvalue weighted by molar-refractivity contribution is 7.89. The van der Waals surface area contributed by atoms with Crippen LogP contribution in [0.15, 0.2) is 70.1 Å². The minimum absolute atomic E-state index is 0.0770. The maximum atomic E-state index is 13.0. The van der Waals surface area contributed by atoms with E-state index in [2.05, 4.69) is 22.6 Å². The third-order valence-corrected chi connectivity index (χ3v) is 8.23. The maximum Gasteiger partial charge on any atom is 0.248 e. The van der Waals surface area contributed by atoms with E-state index in [9.17, 15) is 13.2 Å². The molecule has 1 amide bonds. The molecular formula is C25H30N4O4S. The highest BCUT2D eigenvalue weighted by atomic mass is 32.2. The number of amides is 1. The minimum Gasteiger partial charge on any atom is -0.360 e. The van der Waals surface area contributed by atoms with E-state index in [0.29, 0.717) is 44.1 Å². The number of piperazine rings is 1. The molecule has 0 aliphatic carbocycles. The largest absolute Gasteiger partial charge is 0.360 e. The van der Waals surface area contributed by atoms with Gasteiger partial charge in [-0.25, -0.2) is 8.42 Å². The fourth-order valence-electron chi connectivity index (χ4n) is 4.33. The first-order valence-corrected chi connectivity index (χ1v) is 12.8. The van der Waals surface area contributed by atoms with Crippen LogP contribution in [0.4, 0.5) is 0 Å². The van der Waals surface area contributed by atoms with Crippen LogP contribution in [0.2, 0.25) is 0 Å². The molecule has 1 aromatic heterocycles. The summed E-state index contributed by atoms with van der Waals surface area (Å²) in [5.41, 5.74) is 2.56. The van der Waals surface area contributed by atoms with E-state index >= 15 is 0 Å². The Labute approximate surface area is 200 Å². The van der Waals surface area contributed by atoms with Crippen LogP contribution in [0, 0.1) is 13.8 Å². The fourth-order valence-corrected chi connectivity index (χ4v) is 6.04. The van der Waals surface area contributed by atoms with Gasteiger partial charge in [0.15, 0.2) is 5.76 Å². The summed E-state index contributed by atoms with van der Waals surface area (Å²) in [6.45, 7) is 5.03. The molecule has 0 saturated carbocycles. The standard InChI is InChI=1S/C25H30N4O4S/c1-19-25(20(2)33-27-19)34(31,32)29-15-13-28(14-16-29)18-24(30)26-23(22-11-7-4-8-12-22)17-21-9-5-3-6-10-21/h3-12,23H,13-18H2,1-2H3,(H,26,30). The lowest BCUT2D eigenvalue weighted by molar-refractivity contribution is -0.123. The van der Waals surface area contributed by atoms with Gasteiger partial charge in [0.05, 0.1) is 12.6 Å². The zero-order valence-electron chi connectivity index (χ0n) is 19.5. The average Bonchev–Trinajstić information content (AvgIpc) is 3.19. The van der Waals surface area contributed by atoms with Crippen molar-refractivity contribution in [3.05, 3.63) is 83.2 Å². The Bertz CT molecular complexity index is 1180. The van der Waals surface area contributed by atoms with Crippen LogP contribution < -0.4 is 5.32 Å². The molecule has 1 N–H and O–H groups in total. The smallest absolute Gasteiger partial charge is 0.248 e. The number of hydrogen-bond acceptors (Lipinski definition) is 6. The van der Waals surface area contributed by atoms with Gasteiger partial charge in [0.1, 0.15) is 10.6 Å². The monoisotopic (exact) mass is 482 g/mol. The molecule has 1 saturated heterocycles. The second kappa shape index (κ2) is 10.5. The van der Waals surface area contributed by atoms with E-state index in [4.69, 9.17) is 4.52 Å². The second-order valence-electron chi connectivity index (χ2n) is 8.55. The number of nitrogens with zero attached hydrogens (tertiary/aromatic N) is 3. The van der Waals surface area contributed by atoms with E-state index in [0.717, 1.165) is 11.1 Å². The number of nitrogens with one attached hydrogen (secondary N) is 1. The molecule has 180 valence electrons. The average molecular weight is 483 g/mol. The van der Waals surface area contributed by atoms with Crippen molar-refractivity contribution in [3.63, 3.8) is 0 Å². The van der Waals surface area contributed by atoms with E-state index in [1.807, 2.05) is 53.4 Å². The van der Waals surface area contributed by atoms with Gasteiger partial charge >= 0.3 is 0 Å². The van der Waals surface area contributed by atoms with E-state index in [1.54, 1.807) is 13.8 Å². The van der Waals surface area contributed by atoms with Crippen molar-refractivity contribution in [1.29, 1.82) is 0 Å². The molecule has 1 aliphatic heterocycles. The summed E-state index contributed by atoms with van der Waals surface area (Å²) in [4.78, 5) is 15.1. The third-order valence-electron chi connectivity index (χ3n) is 6.08. The molecule has 2 aromatic carbocycles. The van der Waals surface area contributed by atoms with E-state index < -0.39 is 10.0 Å². The van der Waals surface area contributed by atoms with Crippen LogP contribution in [0.5, 0.6) is 0 Å². The summed E-state index contributed by atoms with van der Waals surface area (Å²) in [7, 11) is -3.67. The molecule has 0 bridgehead atoms. The molecule has 4 rings (SSSR count). The third kappa shape index (κ3) is 5.55. The molecule has 1 fully saturated rings. The van der Waals surface area contributed by atoms with E-state index in [-0.39, 0.29) is 23.4 Å². The van der Waals surface area contributed by atoms with Gasteiger partial charge in [-0.2, -0.15) is 4.31 Å². The quantitative estimate of drug-likeness (QED) is 0.530. The SMILES string of the molecule is Cc1noc(C)c1S(=O)(=O)N1CCN(CC(=O)NC(Cc2ccccc2)c2ccccc2)CC1. The van der Waals surface area contributed by atoms with Crippen LogP contribution in [-0.2, 0) is 21.2 Å². The van der Waals surface area contributed by atoms with Crippen molar-refractivity contribution in [3.8, 4) is 0 Å². The lowest BCUT2D eigenvalue weighted by atomic mass is 9.99. The Morgan fingerprint density at radius 3 is 2.21 bits per heavy atom. The van der Waals surface area contributed by atoms with Crippen LogP contribution in [0.25, 0.3) is 0 Å². The Kier molecular flexibility index (Phi) is 7.45. The maximum absolute atomic E-state index is 13.0. The molecule has 0 radical (unpaired) electrons. The number of carbonyl (C=O) groups excluding carboxylic acids is 1. The highest BCUT2D eigenvalue weighted by Crippen LogP contribution is 2.24. The second-order valence-corrected chi connectivity index (χ2v) is 10.4. The molecule has 1 atom stereocenters. The van der Waals surface area contributed by atoms with Crippen LogP contribution >= 0.6 is 0 Å². The summed E-state index contributed by atoms with van der Waals surface area (Å²) in [5, 5.41) is 6.94. The normalized spacial score (nSPS) is 16.3. The van der Waals surface area contributed by atoms with Gasteiger partial charge in [-0.05, 0) is 31.4 Å². The van der Waals surface area contributed by atoms with Crippen molar-refractivity contribution >= 4 is 15.9 Å². The van der Waals surface area contributed by atoms with Gasteiger partial charge in [-0.3, -0.25) is 9.69 Å². The Morgan fingerprint density at radius 1 is 1.00 bits per heavy atom. The molecule has 0 spiro atoms. The Morgan fingerprint density at radius 2 is 1.62 bits per heavy atom. The van der Waals surface area contributed by atoms with Gasteiger partial charge in [0, 0.05) is 26.2 Å². The van der Waals surface area contributed by atoms with E-state index in [1.165, 1.54) is 4.31 Å². The van der Waals surface area contributed by atoms with Crippen molar-refractivity contribution in [2.45, 2.75) is 31.2 Å². The molecular weight excluding hydrogens is 452 g/mol. The number of aromatic nitrogens is 1. The lowest BCUT2D eigenvalue weighted by Crippen LogP contribution is -2.51. The molecule has 8 nitrogen and oxygen atoms in total. The van der Waals surface area contributed by atoms with Crippen LogP contribution in [-0.4, -0.2) is 61.4 Å². The first kappa shape index (κ1) is 24.1. The number of aryl methyl sites for hydroxylation is 2. The molecule has 9 heteroatoms. The summed E-state index contributed by atoms with van der Waals surface area (Å²) in [6.07, 6.45) is 0.694. The van der Waals surface area contributed by atoms with Gasteiger partial charge < -0.3 is 9.84 Å². The zero-order valence-corrected chi connectivity index (χ0v) is 20.3. The number of benzene rings is 2. The summed E-state index contributed by atoms with van der Waals surface area (Å²) >= 11 is 0. The number of carbonyl (C=O) groups is 1. The minimum atomic E-state index is -3.67. The molecule has 3 aromatic rings. The Hall–Kier alpha value is -3.01. The fraction of sp³-hybridized carbons (Fsp3) is 0.360. The van der Waals surface area contributed by atoms with Crippen LogP contribution in [0.1, 0.15) is 28.6 Å². The number of sulfonamides is 1. The predicted molar refractivity (Wildman–Crippen MR) is 129 cm³/mol.